The van der Waals surface area contributed by atoms with E-state index in [1.165, 1.54) is 18.9 Å². The van der Waals surface area contributed by atoms with E-state index in [4.69, 9.17) is 4.74 Å². The average molecular weight is 461 g/mol. The molecule has 3 aliphatic carbocycles. The molecule has 0 amide bonds. The van der Waals surface area contributed by atoms with Gasteiger partial charge in [0.05, 0.1) is 6.10 Å². The normalized spacial score (nSPS) is 37.8. The number of carbonyl (C=O) groups is 3. The van der Waals surface area contributed by atoms with E-state index in [1.54, 1.807) is 6.92 Å². The molecular formula is C28H44O5. The van der Waals surface area contributed by atoms with Gasteiger partial charge in [0.25, 0.3) is 0 Å². The van der Waals surface area contributed by atoms with Crippen LogP contribution in [-0.2, 0) is 19.1 Å². The van der Waals surface area contributed by atoms with Gasteiger partial charge in [0.15, 0.2) is 17.2 Å². The number of esters is 1. The molecule has 0 spiro atoms. The molecule has 186 valence electrons. The summed E-state index contributed by atoms with van der Waals surface area (Å²) in [5, 5.41) is 9.72. The van der Waals surface area contributed by atoms with E-state index in [9.17, 15) is 19.5 Å². The molecule has 33 heavy (non-hydrogen) atoms. The highest BCUT2D eigenvalue weighted by atomic mass is 16.6. The molecule has 0 aliphatic heterocycles. The lowest BCUT2D eigenvalue weighted by molar-refractivity contribution is -0.167. The summed E-state index contributed by atoms with van der Waals surface area (Å²) in [4.78, 5) is 38.1. The van der Waals surface area contributed by atoms with E-state index in [1.807, 2.05) is 0 Å². The first-order valence-electron chi connectivity index (χ1n) is 13.1. The van der Waals surface area contributed by atoms with Gasteiger partial charge < -0.3 is 9.84 Å². The number of hydrogen-bond donors (Lipinski definition) is 1. The second-order valence-corrected chi connectivity index (χ2v) is 12.0. The van der Waals surface area contributed by atoms with Crippen LogP contribution in [0.1, 0.15) is 99.3 Å². The largest absolute Gasteiger partial charge is 0.448 e. The summed E-state index contributed by atoms with van der Waals surface area (Å²) in [6.07, 6.45) is 7.28. The Kier molecular flexibility index (Phi) is 7.93. The predicted molar refractivity (Wildman–Crippen MR) is 128 cm³/mol. The molecule has 0 bridgehead atoms. The third kappa shape index (κ3) is 5.44. The Morgan fingerprint density at radius 3 is 2.42 bits per heavy atom. The van der Waals surface area contributed by atoms with Crippen LogP contribution < -0.4 is 0 Å². The molecule has 0 aromatic rings. The summed E-state index contributed by atoms with van der Waals surface area (Å²) in [7, 11) is 0. The quantitative estimate of drug-likeness (QED) is 0.405. The molecular weight excluding hydrogens is 416 g/mol. The van der Waals surface area contributed by atoms with Crippen molar-refractivity contribution in [1.82, 2.24) is 0 Å². The van der Waals surface area contributed by atoms with Gasteiger partial charge in [0.2, 0.25) is 0 Å². The van der Waals surface area contributed by atoms with Gasteiger partial charge in [-0.15, -0.1) is 0 Å². The van der Waals surface area contributed by atoms with Gasteiger partial charge in [0.1, 0.15) is 0 Å². The van der Waals surface area contributed by atoms with Gasteiger partial charge in [-0.1, -0.05) is 47.5 Å². The predicted octanol–water partition coefficient (Wildman–Crippen LogP) is 5.43. The minimum Gasteiger partial charge on any atom is -0.448 e. The van der Waals surface area contributed by atoms with E-state index in [2.05, 4.69) is 34.6 Å². The van der Waals surface area contributed by atoms with E-state index in [-0.39, 0.29) is 29.3 Å². The molecule has 1 N–H and O–H groups in total. The molecule has 3 saturated carbocycles. The first kappa shape index (κ1) is 26.1. The van der Waals surface area contributed by atoms with Crippen LogP contribution >= 0.6 is 0 Å². The zero-order valence-corrected chi connectivity index (χ0v) is 21.5. The summed E-state index contributed by atoms with van der Waals surface area (Å²) >= 11 is 0. The van der Waals surface area contributed by atoms with Gasteiger partial charge in [-0.3, -0.25) is 9.59 Å². The highest BCUT2D eigenvalue weighted by molar-refractivity contribution is 6.02. The minimum absolute atomic E-state index is 0.00890. The smallest absolute Gasteiger partial charge is 0.332 e. The minimum atomic E-state index is -1.21. The van der Waals surface area contributed by atoms with Crippen molar-refractivity contribution in [3.05, 3.63) is 11.6 Å². The number of hydrogen-bond acceptors (Lipinski definition) is 5. The third-order valence-corrected chi connectivity index (χ3v) is 9.46. The fourth-order valence-corrected chi connectivity index (χ4v) is 6.63. The van der Waals surface area contributed by atoms with E-state index < -0.39 is 17.7 Å². The maximum atomic E-state index is 12.9. The van der Waals surface area contributed by atoms with Crippen molar-refractivity contribution in [2.24, 2.45) is 35.0 Å². The highest BCUT2D eigenvalue weighted by Gasteiger charge is 2.53. The standard InChI is InChI=1S/C28H44O5/c1-17(2)18(3)7-8-19(4)22-9-10-23-21(24(30)12-13-27(22,23)5)16-26(32)33-28(6)14-11-20(29)15-25(28)31/h16-20,22-23,29H,7-15H2,1-6H3. The molecule has 0 aromatic heterocycles. The van der Waals surface area contributed by atoms with Gasteiger partial charge in [-0.2, -0.15) is 0 Å². The number of aliphatic hydroxyl groups excluding tert-OH is 1. The number of rotatable bonds is 7. The average Bonchev–Trinajstić information content (AvgIpc) is 3.09. The number of fused-ring (bicyclic) bond motifs is 1. The summed E-state index contributed by atoms with van der Waals surface area (Å²) in [5.41, 5.74) is -0.588. The van der Waals surface area contributed by atoms with Crippen LogP contribution in [0.4, 0.5) is 0 Å². The van der Waals surface area contributed by atoms with Crippen LogP contribution in [0.15, 0.2) is 11.6 Å². The molecule has 7 unspecified atom stereocenters. The van der Waals surface area contributed by atoms with E-state index >= 15 is 0 Å². The second kappa shape index (κ2) is 10.0. The highest BCUT2D eigenvalue weighted by Crippen LogP contribution is 2.59. The molecule has 3 fully saturated rings. The molecule has 0 aromatic carbocycles. The Labute approximate surface area is 199 Å². The van der Waals surface area contributed by atoms with Crippen molar-refractivity contribution >= 4 is 17.5 Å². The van der Waals surface area contributed by atoms with Crippen LogP contribution in [0.5, 0.6) is 0 Å². The lowest BCUT2D eigenvalue weighted by atomic mass is 9.60. The molecule has 0 saturated heterocycles. The van der Waals surface area contributed by atoms with Gasteiger partial charge >= 0.3 is 5.97 Å². The van der Waals surface area contributed by atoms with Crippen molar-refractivity contribution in [3.63, 3.8) is 0 Å². The number of carbonyl (C=O) groups excluding carboxylic acids is 3. The van der Waals surface area contributed by atoms with Crippen molar-refractivity contribution < 1.29 is 24.2 Å². The molecule has 5 heteroatoms. The molecule has 3 rings (SSSR count). The zero-order valence-electron chi connectivity index (χ0n) is 21.5. The summed E-state index contributed by atoms with van der Waals surface area (Å²) < 4.78 is 5.61. The number of Topliss-reactive ketones (excluding diaryl/α,β-unsaturated/α-hetero) is 2. The topological polar surface area (TPSA) is 80.7 Å². The number of allylic oxidation sites excluding steroid dienone is 1. The molecule has 3 aliphatic rings. The monoisotopic (exact) mass is 460 g/mol. The Balaban J connectivity index is 1.72. The maximum Gasteiger partial charge on any atom is 0.332 e. The van der Waals surface area contributed by atoms with Crippen molar-refractivity contribution in [2.45, 2.75) is 111 Å². The molecule has 0 heterocycles. The summed E-state index contributed by atoms with van der Waals surface area (Å²) in [6, 6.07) is 0. The van der Waals surface area contributed by atoms with Crippen molar-refractivity contribution in [3.8, 4) is 0 Å². The van der Waals surface area contributed by atoms with Crippen LogP contribution in [0.25, 0.3) is 0 Å². The van der Waals surface area contributed by atoms with Crippen LogP contribution in [0.3, 0.4) is 0 Å². The third-order valence-electron chi connectivity index (χ3n) is 9.46. The van der Waals surface area contributed by atoms with Crippen LogP contribution in [-0.4, -0.2) is 34.3 Å². The Morgan fingerprint density at radius 1 is 1.09 bits per heavy atom. The molecule has 0 radical (unpaired) electrons. The Morgan fingerprint density at radius 2 is 1.79 bits per heavy atom. The zero-order chi connectivity index (χ0) is 24.6. The first-order chi connectivity index (χ1) is 15.4. The van der Waals surface area contributed by atoms with Gasteiger partial charge in [0, 0.05) is 24.5 Å². The van der Waals surface area contributed by atoms with Crippen LogP contribution in [0.2, 0.25) is 0 Å². The SMILES string of the molecule is CC(C)C(C)CCC(C)C1CCC2C(=CC(=O)OC3(C)CCC(O)CC3=O)C(=O)CCC21C. The lowest BCUT2D eigenvalue weighted by Gasteiger charge is -2.44. The van der Waals surface area contributed by atoms with Crippen molar-refractivity contribution in [1.29, 1.82) is 0 Å². The number of ether oxygens (including phenoxy) is 1. The summed E-state index contributed by atoms with van der Waals surface area (Å²) in [6.45, 7) is 13.2. The van der Waals surface area contributed by atoms with Gasteiger partial charge in [-0.05, 0) is 74.0 Å². The number of ketones is 2. The Hall–Kier alpha value is -1.49. The van der Waals surface area contributed by atoms with E-state index in [0.29, 0.717) is 48.5 Å². The first-order valence-corrected chi connectivity index (χ1v) is 13.1. The fourth-order valence-electron chi connectivity index (χ4n) is 6.63. The molecule has 7 atom stereocenters. The van der Waals surface area contributed by atoms with Crippen molar-refractivity contribution in [2.75, 3.05) is 0 Å². The lowest BCUT2D eigenvalue weighted by Crippen LogP contribution is -2.46. The second-order valence-electron chi connectivity index (χ2n) is 12.0. The van der Waals surface area contributed by atoms with Crippen LogP contribution in [0, 0.1) is 35.0 Å². The maximum absolute atomic E-state index is 12.9. The van der Waals surface area contributed by atoms with Gasteiger partial charge in [-0.25, -0.2) is 4.79 Å². The number of aliphatic hydroxyl groups is 1. The summed E-state index contributed by atoms with van der Waals surface area (Å²) in [5.74, 6) is 1.82. The molecule has 5 nitrogen and oxygen atoms in total. The Bertz CT molecular complexity index is 798. The fraction of sp³-hybridized carbons (Fsp3) is 0.821. The van der Waals surface area contributed by atoms with E-state index in [0.717, 1.165) is 19.3 Å².